The average Bonchev–Trinajstić information content (AvgIpc) is 2.62. The van der Waals surface area contributed by atoms with E-state index in [4.69, 9.17) is 10.2 Å². The number of aromatic carboxylic acids is 1. The third-order valence-electron chi connectivity index (χ3n) is 5.73. The summed E-state index contributed by atoms with van der Waals surface area (Å²) < 4.78 is 0. The van der Waals surface area contributed by atoms with Crippen molar-refractivity contribution in [3.8, 4) is 0 Å². The number of rotatable bonds is 7. The third-order valence-corrected chi connectivity index (χ3v) is 5.73. The Kier molecular flexibility index (Phi) is 10.9. The van der Waals surface area contributed by atoms with Gasteiger partial charge in [0.2, 0.25) is 0 Å². The van der Waals surface area contributed by atoms with Gasteiger partial charge in [-0.05, 0) is 57.3 Å². The van der Waals surface area contributed by atoms with E-state index in [9.17, 15) is 4.79 Å². The van der Waals surface area contributed by atoms with Gasteiger partial charge in [-0.15, -0.1) is 0 Å². The minimum Gasteiger partial charge on any atom is -0.478 e. The molecule has 5 heteroatoms. The maximum atomic E-state index is 10.5. The highest BCUT2D eigenvalue weighted by Crippen LogP contribution is 2.26. The molecule has 1 fully saturated rings. The number of carboxylic acids is 1. The number of likely N-dealkylation sites (N-methyl/N-ethyl adjacent to an activating group) is 1. The predicted molar refractivity (Wildman–Crippen MR) is 121 cm³/mol. The summed E-state index contributed by atoms with van der Waals surface area (Å²) in [5.41, 5.74) is 2.66. The summed E-state index contributed by atoms with van der Waals surface area (Å²) in [4.78, 5) is 15.7. The number of unbranched alkanes of at least 4 members (excludes halogenated alkanes) is 3. The summed E-state index contributed by atoms with van der Waals surface area (Å²) in [6.07, 6.45) is 4.67. The Morgan fingerprint density at radius 1 is 1.10 bits per heavy atom. The van der Waals surface area contributed by atoms with Crippen LogP contribution in [0.3, 0.4) is 0 Å². The Morgan fingerprint density at radius 2 is 1.76 bits per heavy atom. The van der Waals surface area contributed by atoms with Gasteiger partial charge in [0.1, 0.15) is 0 Å². The van der Waals surface area contributed by atoms with Crippen LogP contribution in [0.1, 0.15) is 67.9 Å². The lowest BCUT2D eigenvalue weighted by molar-refractivity contribution is 0.0330. The van der Waals surface area contributed by atoms with Crippen LogP contribution in [0, 0.1) is 19.3 Å². The first-order valence-electron chi connectivity index (χ1n) is 10.9. The summed E-state index contributed by atoms with van der Waals surface area (Å²) in [5, 5.41) is 17.4. The molecule has 0 amide bonds. The van der Waals surface area contributed by atoms with Crippen molar-refractivity contribution < 1.29 is 15.0 Å². The van der Waals surface area contributed by atoms with Gasteiger partial charge in [0, 0.05) is 32.3 Å². The Morgan fingerprint density at radius 3 is 2.31 bits per heavy atom. The number of aliphatic hydroxyl groups is 1. The fourth-order valence-electron chi connectivity index (χ4n) is 3.92. The SMILES string of the molecule is CN1CCN(CCCCCCO)CC1C(C)(C)C.Cc1ccc(C(=O)O)c(C)c1. The van der Waals surface area contributed by atoms with Gasteiger partial charge in [-0.3, -0.25) is 0 Å². The topological polar surface area (TPSA) is 64.0 Å². The molecule has 0 saturated carbocycles. The molecule has 2 rings (SSSR count). The van der Waals surface area contributed by atoms with E-state index in [1.165, 1.54) is 45.4 Å². The minimum absolute atomic E-state index is 0.348. The van der Waals surface area contributed by atoms with Crippen molar-refractivity contribution in [1.29, 1.82) is 0 Å². The highest BCUT2D eigenvalue weighted by Gasteiger charge is 2.32. The van der Waals surface area contributed by atoms with Gasteiger partial charge in [-0.1, -0.05) is 51.3 Å². The van der Waals surface area contributed by atoms with Crippen LogP contribution < -0.4 is 0 Å². The first-order valence-corrected chi connectivity index (χ1v) is 10.9. The lowest BCUT2D eigenvalue weighted by Gasteiger charge is -2.45. The molecule has 0 aromatic heterocycles. The summed E-state index contributed by atoms with van der Waals surface area (Å²) in [6.45, 7) is 16.0. The summed E-state index contributed by atoms with van der Waals surface area (Å²) in [6, 6.07) is 5.97. The van der Waals surface area contributed by atoms with E-state index < -0.39 is 5.97 Å². The van der Waals surface area contributed by atoms with Crippen LogP contribution in [-0.4, -0.2) is 71.9 Å². The van der Waals surface area contributed by atoms with Crippen molar-refractivity contribution >= 4 is 5.97 Å². The second-order valence-corrected chi connectivity index (χ2v) is 9.42. The van der Waals surface area contributed by atoms with E-state index in [-0.39, 0.29) is 0 Å². The maximum Gasteiger partial charge on any atom is 0.335 e. The van der Waals surface area contributed by atoms with Crippen LogP contribution in [0.5, 0.6) is 0 Å². The number of piperazine rings is 1. The molecular weight excluding hydrogens is 364 g/mol. The van der Waals surface area contributed by atoms with Crippen molar-refractivity contribution in [3.05, 3.63) is 34.9 Å². The molecule has 1 unspecified atom stereocenters. The highest BCUT2D eigenvalue weighted by molar-refractivity contribution is 5.89. The zero-order valence-electron chi connectivity index (χ0n) is 19.4. The Labute approximate surface area is 177 Å². The molecule has 1 atom stereocenters. The van der Waals surface area contributed by atoms with Gasteiger partial charge in [0.15, 0.2) is 0 Å². The number of carboxylic acid groups (broad SMARTS) is 1. The molecular formula is C24H42N2O3. The van der Waals surface area contributed by atoms with E-state index in [1.54, 1.807) is 19.1 Å². The quantitative estimate of drug-likeness (QED) is 0.664. The van der Waals surface area contributed by atoms with E-state index in [0.717, 1.165) is 17.5 Å². The number of hydrogen-bond donors (Lipinski definition) is 2. The molecule has 0 radical (unpaired) electrons. The molecule has 2 N–H and O–H groups in total. The van der Waals surface area contributed by atoms with Crippen molar-refractivity contribution in [1.82, 2.24) is 9.80 Å². The molecule has 0 bridgehead atoms. The number of benzene rings is 1. The molecule has 1 aliphatic heterocycles. The number of aliphatic hydroxyl groups excluding tert-OH is 1. The average molecular weight is 407 g/mol. The minimum atomic E-state index is -0.859. The van der Waals surface area contributed by atoms with Crippen molar-refractivity contribution in [2.24, 2.45) is 5.41 Å². The third kappa shape index (κ3) is 9.28. The highest BCUT2D eigenvalue weighted by atomic mass is 16.4. The van der Waals surface area contributed by atoms with Gasteiger partial charge in [0.25, 0.3) is 0 Å². The lowest BCUT2D eigenvalue weighted by atomic mass is 9.84. The Balaban J connectivity index is 0.000000326. The second-order valence-electron chi connectivity index (χ2n) is 9.42. The van der Waals surface area contributed by atoms with Crippen LogP contribution >= 0.6 is 0 Å². The first kappa shape index (κ1) is 25.6. The molecule has 29 heavy (non-hydrogen) atoms. The van der Waals surface area contributed by atoms with Crippen LogP contribution in [0.25, 0.3) is 0 Å². The number of hydrogen-bond acceptors (Lipinski definition) is 4. The molecule has 0 aliphatic carbocycles. The standard InChI is InChI=1S/C15H32N2O.C9H10O2/c1-15(2,3)14-13-17(11-10-16(14)4)9-7-5-6-8-12-18;1-6-3-4-8(9(10)11)7(2)5-6/h14,18H,5-13H2,1-4H3;3-5H,1-2H3,(H,10,11). The van der Waals surface area contributed by atoms with Gasteiger partial charge in [0.05, 0.1) is 5.56 Å². The molecule has 5 nitrogen and oxygen atoms in total. The van der Waals surface area contributed by atoms with E-state index >= 15 is 0 Å². The smallest absolute Gasteiger partial charge is 0.335 e. The van der Waals surface area contributed by atoms with Gasteiger partial charge in [-0.25, -0.2) is 4.79 Å². The molecule has 166 valence electrons. The van der Waals surface area contributed by atoms with E-state index in [1.807, 2.05) is 13.0 Å². The zero-order valence-corrected chi connectivity index (χ0v) is 19.4. The van der Waals surface area contributed by atoms with Crippen molar-refractivity contribution in [2.45, 2.75) is 66.3 Å². The van der Waals surface area contributed by atoms with Crippen LogP contribution in [0.2, 0.25) is 0 Å². The molecule has 1 aliphatic rings. The van der Waals surface area contributed by atoms with E-state index in [0.29, 0.717) is 23.6 Å². The predicted octanol–water partition coefficient (Wildman–Crippen LogP) is 4.20. The van der Waals surface area contributed by atoms with Gasteiger partial charge >= 0.3 is 5.97 Å². The first-order chi connectivity index (χ1) is 13.6. The number of carbonyl (C=O) groups is 1. The monoisotopic (exact) mass is 406 g/mol. The van der Waals surface area contributed by atoms with Crippen molar-refractivity contribution in [3.63, 3.8) is 0 Å². The largest absolute Gasteiger partial charge is 0.478 e. The molecule has 0 spiro atoms. The molecule has 1 heterocycles. The Hall–Kier alpha value is -1.43. The molecule has 1 saturated heterocycles. The fraction of sp³-hybridized carbons (Fsp3) is 0.708. The number of aryl methyl sites for hydroxylation is 2. The van der Waals surface area contributed by atoms with E-state index in [2.05, 4.69) is 37.6 Å². The fourth-order valence-corrected chi connectivity index (χ4v) is 3.92. The van der Waals surface area contributed by atoms with Gasteiger partial charge in [-0.2, -0.15) is 0 Å². The van der Waals surface area contributed by atoms with Crippen molar-refractivity contribution in [2.75, 3.05) is 39.8 Å². The normalized spacial score (nSPS) is 18.2. The number of nitrogens with zero attached hydrogens (tertiary/aromatic N) is 2. The summed E-state index contributed by atoms with van der Waals surface area (Å²) in [5.74, 6) is -0.859. The molecule has 1 aromatic rings. The summed E-state index contributed by atoms with van der Waals surface area (Å²) in [7, 11) is 2.26. The lowest BCUT2D eigenvalue weighted by Crippen LogP contribution is -2.56. The van der Waals surface area contributed by atoms with Crippen LogP contribution in [0.4, 0.5) is 0 Å². The second kappa shape index (κ2) is 12.3. The van der Waals surface area contributed by atoms with Crippen LogP contribution in [0.15, 0.2) is 18.2 Å². The van der Waals surface area contributed by atoms with Gasteiger partial charge < -0.3 is 20.0 Å². The summed E-state index contributed by atoms with van der Waals surface area (Å²) >= 11 is 0. The molecule has 1 aromatic carbocycles. The van der Waals surface area contributed by atoms with Crippen LogP contribution in [-0.2, 0) is 0 Å². The zero-order chi connectivity index (χ0) is 22.0. The maximum absolute atomic E-state index is 10.5. The Bertz CT molecular complexity index is 625.